The van der Waals surface area contributed by atoms with Crippen LogP contribution in [-0.2, 0) is 6.54 Å². The van der Waals surface area contributed by atoms with Gasteiger partial charge in [-0.05, 0) is 60.4 Å². The lowest BCUT2D eigenvalue weighted by Gasteiger charge is -2.28. The maximum absolute atomic E-state index is 9.87. The number of benzene rings is 1. The Morgan fingerprint density at radius 1 is 1.37 bits per heavy atom. The van der Waals surface area contributed by atoms with Crippen LogP contribution in [0.25, 0.3) is 0 Å². The van der Waals surface area contributed by atoms with E-state index >= 15 is 0 Å². The van der Waals surface area contributed by atoms with Crippen LogP contribution in [0.3, 0.4) is 0 Å². The third kappa shape index (κ3) is 5.93. The van der Waals surface area contributed by atoms with Crippen LogP contribution < -0.4 is 10.2 Å². The highest BCUT2D eigenvalue weighted by Crippen LogP contribution is 2.27. The van der Waals surface area contributed by atoms with Gasteiger partial charge < -0.3 is 15.3 Å². The van der Waals surface area contributed by atoms with Gasteiger partial charge in [-0.2, -0.15) is 0 Å². The van der Waals surface area contributed by atoms with E-state index < -0.39 is 5.60 Å². The summed E-state index contributed by atoms with van der Waals surface area (Å²) in [7, 11) is 1.99. The van der Waals surface area contributed by atoms with Crippen molar-refractivity contribution in [3.63, 3.8) is 0 Å². The number of hydrogen-bond acceptors (Lipinski definition) is 3. The SMILES string of the molecule is CCCNCc1ccc(N(C)CC(C)(C)O)c(Br)c1. The van der Waals surface area contributed by atoms with Crippen molar-refractivity contribution in [1.29, 1.82) is 0 Å². The molecule has 0 aromatic heterocycles. The van der Waals surface area contributed by atoms with Gasteiger partial charge in [0, 0.05) is 24.6 Å². The molecule has 0 saturated carbocycles. The number of nitrogens with one attached hydrogen (secondary N) is 1. The Kier molecular flexibility index (Phi) is 6.30. The van der Waals surface area contributed by atoms with Crippen LogP contribution in [0.2, 0.25) is 0 Å². The maximum atomic E-state index is 9.87. The molecule has 0 bridgehead atoms. The number of likely N-dealkylation sites (N-methyl/N-ethyl adjacent to an activating group) is 1. The van der Waals surface area contributed by atoms with Crippen molar-refractivity contribution in [2.24, 2.45) is 0 Å². The van der Waals surface area contributed by atoms with Gasteiger partial charge in [-0.3, -0.25) is 0 Å². The molecule has 0 fully saturated rings. The minimum Gasteiger partial charge on any atom is -0.389 e. The summed E-state index contributed by atoms with van der Waals surface area (Å²) in [5.41, 5.74) is 1.66. The van der Waals surface area contributed by atoms with Crippen LogP contribution >= 0.6 is 15.9 Å². The molecule has 3 nitrogen and oxygen atoms in total. The number of halogens is 1. The fourth-order valence-electron chi connectivity index (χ4n) is 2.05. The average Bonchev–Trinajstić information content (AvgIpc) is 2.27. The van der Waals surface area contributed by atoms with Crippen LogP contribution in [-0.4, -0.2) is 30.8 Å². The standard InChI is InChI=1S/C15H25BrN2O/c1-5-8-17-10-12-6-7-14(13(16)9-12)18(4)11-15(2,3)19/h6-7,9,17,19H,5,8,10-11H2,1-4H3. The summed E-state index contributed by atoms with van der Waals surface area (Å²) >= 11 is 3.61. The fourth-order valence-corrected chi connectivity index (χ4v) is 2.77. The van der Waals surface area contributed by atoms with E-state index in [-0.39, 0.29) is 0 Å². The van der Waals surface area contributed by atoms with Crippen molar-refractivity contribution in [1.82, 2.24) is 5.32 Å². The molecule has 0 atom stereocenters. The summed E-state index contributed by atoms with van der Waals surface area (Å²) < 4.78 is 1.06. The van der Waals surface area contributed by atoms with Gasteiger partial charge in [0.15, 0.2) is 0 Å². The molecule has 0 unspecified atom stereocenters. The van der Waals surface area contributed by atoms with Crippen LogP contribution in [0.1, 0.15) is 32.8 Å². The summed E-state index contributed by atoms with van der Waals surface area (Å²) in [5, 5.41) is 13.3. The van der Waals surface area contributed by atoms with Gasteiger partial charge in [-0.1, -0.05) is 13.0 Å². The van der Waals surface area contributed by atoms with Crippen molar-refractivity contribution < 1.29 is 5.11 Å². The Morgan fingerprint density at radius 3 is 2.58 bits per heavy atom. The lowest BCUT2D eigenvalue weighted by atomic mass is 10.1. The van der Waals surface area contributed by atoms with E-state index in [4.69, 9.17) is 0 Å². The van der Waals surface area contributed by atoms with Gasteiger partial charge in [0.2, 0.25) is 0 Å². The zero-order valence-electron chi connectivity index (χ0n) is 12.3. The highest BCUT2D eigenvalue weighted by Gasteiger charge is 2.17. The summed E-state index contributed by atoms with van der Waals surface area (Å²) in [4.78, 5) is 2.06. The molecule has 4 heteroatoms. The smallest absolute Gasteiger partial charge is 0.0765 e. The number of rotatable bonds is 7. The van der Waals surface area contributed by atoms with Gasteiger partial charge in [0.25, 0.3) is 0 Å². The first kappa shape index (κ1) is 16.5. The molecule has 0 heterocycles. The Bertz CT molecular complexity index is 402. The zero-order valence-corrected chi connectivity index (χ0v) is 13.9. The first-order valence-electron chi connectivity index (χ1n) is 6.76. The largest absolute Gasteiger partial charge is 0.389 e. The Morgan fingerprint density at radius 2 is 2.05 bits per heavy atom. The van der Waals surface area contributed by atoms with Gasteiger partial charge in [0.1, 0.15) is 0 Å². The first-order chi connectivity index (χ1) is 8.83. The predicted octanol–water partition coefficient (Wildman–Crippen LogP) is 3.16. The molecule has 0 aliphatic rings. The Labute approximate surface area is 125 Å². The first-order valence-corrected chi connectivity index (χ1v) is 7.55. The van der Waals surface area contributed by atoms with E-state index in [1.165, 1.54) is 5.56 Å². The Balaban J connectivity index is 2.71. The van der Waals surface area contributed by atoms with E-state index in [0.29, 0.717) is 6.54 Å². The third-order valence-electron chi connectivity index (χ3n) is 2.80. The van der Waals surface area contributed by atoms with E-state index in [0.717, 1.165) is 29.7 Å². The summed E-state index contributed by atoms with van der Waals surface area (Å²) in [6, 6.07) is 6.36. The fraction of sp³-hybridized carbons (Fsp3) is 0.600. The molecule has 0 spiro atoms. The lowest BCUT2D eigenvalue weighted by Crippen LogP contribution is -2.36. The van der Waals surface area contributed by atoms with E-state index in [1.807, 2.05) is 20.9 Å². The van der Waals surface area contributed by atoms with Gasteiger partial charge in [-0.25, -0.2) is 0 Å². The molecule has 19 heavy (non-hydrogen) atoms. The predicted molar refractivity (Wildman–Crippen MR) is 85.7 cm³/mol. The monoisotopic (exact) mass is 328 g/mol. The highest BCUT2D eigenvalue weighted by molar-refractivity contribution is 9.10. The van der Waals surface area contributed by atoms with Crippen LogP contribution in [0.4, 0.5) is 5.69 Å². The molecule has 1 aromatic carbocycles. The summed E-state index contributed by atoms with van der Waals surface area (Å²) in [6.45, 7) is 8.33. The number of aliphatic hydroxyl groups is 1. The minimum absolute atomic E-state index is 0.596. The van der Waals surface area contributed by atoms with Gasteiger partial charge in [0.05, 0.1) is 11.3 Å². The van der Waals surface area contributed by atoms with Crippen molar-refractivity contribution in [3.05, 3.63) is 28.2 Å². The van der Waals surface area contributed by atoms with Crippen LogP contribution in [0.15, 0.2) is 22.7 Å². The number of anilines is 1. The average molecular weight is 329 g/mol. The molecule has 1 aromatic rings. The number of nitrogens with zero attached hydrogens (tertiary/aromatic N) is 1. The molecule has 1 rings (SSSR count). The second-order valence-electron chi connectivity index (χ2n) is 5.63. The molecule has 108 valence electrons. The number of hydrogen-bond donors (Lipinski definition) is 2. The second kappa shape index (κ2) is 7.27. The summed E-state index contributed by atoms with van der Waals surface area (Å²) in [6.07, 6.45) is 1.15. The zero-order chi connectivity index (χ0) is 14.5. The lowest BCUT2D eigenvalue weighted by molar-refractivity contribution is 0.0886. The molecular weight excluding hydrogens is 304 g/mol. The van der Waals surface area contributed by atoms with Crippen molar-refractivity contribution >= 4 is 21.6 Å². The van der Waals surface area contributed by atoms with Crippen LogP contribution in [0.5, 0.6) is 0 Å². The van der Waals surface area contributed by atoms with Crippen LogP contribution in [0, 0.1) is 0 Å². The Hall–Kier alpha value is -0.580. The van der Waals surface area contributed by atoms with E-state index in [2.05, 4.69) is 51.3 Å². The van der Waals surface area contributed by atoms with Crippen molar-refractivity contribution in [2.45, 2.75) is 39.3 Å². The molecule has 0 aliphatic heterocycles. The van der Waals surface area contributed by atoms with E-state index in [9.17, 15) is 5.11 Å². The highest BCUT2D eigenvalue weighted by atomic mass is 79.9. The summed E-state index contributed by atoms with van der Waals surface area (Å²) in [5.74, 6) is 0. The van der Waals surface area contributed by atoms with Gasteiger partial charge in [-0.15, -0.1) is 0 Å². The van der Waals surface area contributed by atoms with E-state index in [1.54, 1.807) is 0 Å². The topological polar surface area (TPSA) is 35.5 Å². The molecule has 2 N–H and O–H groups in total. The van der Waals surface area contributed by atoms with Crippen molar-refractivity contribution in [3.8, 4) is 0 Å². The maximum Gasteiger partial charge on any atom is 0.0765 e. The molecular formula is C15H25BrN2O. The minimum atomic E-state index is -0.699. The van der Waals surface area contributed by atoms with Gasteiger partial charge >= 0.3 is 0 Å². The second-order valence-corrected chi connectivity index (χ2v) is 6.49. The molecule has 0 saturated heterocycles. The molecule has 0 radical (unpaired) electrons. The third-order valence-corrected chi connectivity index (χ3v) is 3.44. The normalized spacial score (nSPS) is 11.7. The quantitative estimate of drug-likeness (QED) is 0.755. The molecule has 0 aliphatic carbocycles. The van der Waals surface area contributed by atoms with Crippen molar-refractivity contribution in [2.75, 3.05) is 25.0 Å². The molecule has 0 amide bonds.